The molecule has 44 heavy (non-hydrogen) atoms. The summed E-state index contributed by atoms with van der Waals surface area (Å²) in [5.74, 6) is -0.0787. The molecule has 11 heteroatoms. The molecular formula is C33H29FN6O2S2. The molecule has 1 aliphatic rings. The Morgan fingerprint density at radius 1 is 1.00 bits per heavy atom. The third-order valence-electron chi connectivity index (χ3n) is 7.22. The average Bonchev–Trinajstić information content (AvgIpc) is 3.80. The lowest BCUT2D eigenvalue weighted by Crippen LogP contribution is -2.28. The first-order valence-electron chi connectivity index (χ1n) is 14.1. The van der Waals surface area contributed by atoms with Gasteiger partial charge in [-0.05, 0) is 53.8 Å². The fraction of sp³-hybridized carbons (Fsp3) is 0.182. The molecule has 1 atom stereocenters. The number of thiophene rings is 1. The number of carbonyl (C=O) groups excluding carboxylic acids is 2. The van der Waals surface area contributed by atoms with E-state index in [0.29, 0.717) is 29.5 Å². The first-order valence-corrected chi connectivity index (χ1v) is 15.9. The van der Waals surface area contributed by atoms with Crippen molar-refractivity contribution in [2.45, 2.75) is 37.6 Å². The summed E-state index contributed by atoms with van der Waals surface area (Å²) >= 11 is 2.84. The van der Waals surface area contributed by atoms with E-state index in [0.717, 1.165) is 27.3 Å². The van der Waals surface area contributed by atoms with Crippen LogP contribution in [0.15, 0.2) is 107 Å². The molecule has 0 spiro atoms. The van der Waals surface area contributed by atoms with Crippen LogP contribution in [0.1, 0.15) is 50.2 Å². The lowest BCUT2D eigenvalue weighted by molar-refractivity contribution is -0.130. The number of aryl methyl sites for hydroxylation is 1. The quantitative estimate of drug-likeness (QED) is 0.186. The largest absolute Gasteiger partial charge is 0.345 e. The van der Waals surface area contributed by atoms with Crippen LogP contribution in [0.25, 0.3) is 0 Å². The third-order valence-corrected chi connectivity index (χ3v) is 9.09. The molecular weight excluding hydrogens is 596 g/mol. The Morgan fingerprint density at radius 2 is 1.82 bits per heavy atom. The van der Waals surface area contributed by atoms with E-state index >= 15 is 0 Å². The van der Waals surface area contributed by atoms with E-state index < -0.39 is 0 Å². The standard InChI is InChI=1S/C33H29FN6O2S2/c1-22-7-5-10-25(17-22)32(42)35-19-30-36-37-33(39(30)20-23-8-3-2-4-9-23)44-21-31(41)40-28(24-12-14-26(34)15-13-24)18-27(38-40)29-11-6-16-43-29/h2-17,28H,18-21H2,1H3,(H,35,42). The van der Waals surface area contributed by atoms with Crippen LogP contribution in [0, 0.1) is 12.7 Å². The Balaban J connectivity index is 1.21. The van der Waals surface area contributed by atoms with Crippen molar-refractivity contribution in [3.05, 3.63) is 135 Å². The summed E-state index contributed by atoms with van der Waals surface area (Å²) in [6.07, 6.45) is 0.539. The van der Waals surface area contributed by atoms with Gasteiger partial charge < -0.3 is 9.88 Å². The summed E-state index contributed by atoms with van der Waals surface area (Å²) in [7, 11) is 0. The molecule has 3 heterocycles. The third kappa shape index (κ3) is 6.79. The number of nitrogens with zero attached hydrogens (tertiary/aromatic N) is 5. The number of amides is 2. The number of carbonyl (C=O) groups is 2. The van der Waals surface area contributed by atoms with Gasteiger partial charge in [0, 0.05) is 12.0 Å². The zero-order valence-electron chi connectivity index (χ0n) is 23.9. The molecule has 0 aliphatic carbocycles. The smallest absolute Gasteiger partial charge is 0.253 e. The molecule has 8 nitrogen and oxygen atoms in total. The second-order valence-electron chi connectivity index (χ2n) is 10.3. The van der Waals surface area contributed by atoms with E-state index in [1.165, 1.54) is 28.9 Å². The summed E-state index contributed by atoms with van der Waals surface area (Å²) in [6.45, 7) is 2.59. The number of hydrogen-bond donors (Lipinski definition) is 1. The second kappa shape index (κ2) is 13.4. The van der Waals surface area contributed by atoms with Crippen LogP contribution in [0.3, 0.4) is 0 Å². The molecule has 0 fully saturated rings. The maximum absolute atomic E-state index is 13.7. The van der Waals surface area contributed by atoms with Gasteiger partial charge in [-0.3, -0.25) is 9.59 Å². The topological polar surface area (TPSA) is 92.5 Å². The zero-order chi connectivity index (χ0) is 30.5. The Morgan fingerprint density at radius 3 is 2.57 bits per heavy atom. The Labute approximate surface area is 262 Å². The minimum Gasteiger partial charge on any atom is -0.345 e. The van der Waals surface area contributed by atoms with Crippen molar-refractivity contribution in [3.8, 4) is 0 Å². The van der Waals surface area contributed by atoms with Gasteiger partial charge in [-0.15, -0.1) is 21.5 Å². The fourth-order valence-electron chi connectivity index (χ4n) is 5.00. The summed E-state index contributed by atoms with van der Waals surface area (Å²) in [6, 6.07) is 27.1. The van der Waals surface area contributed by atoms with Gasteiger partial charge in [-0.2, -0.15) is 5.10 Å². The van der Waals surface area contributed by atoms with Crippen LogP contribution in [0.2, 0.25) is 0 Å². The van der Waals surface area contributed by atoms with Crippen molar-refractivity contribution in [2.75, 3.05) is 5.75 Å². The molecule has 0 radical (unpaired) electrons. The highest BCUT2D eigenvalue weighted by Crippen LogP contribution is 2.35. The van der Waals surface area contributed by atoms with Gasteiger partial charge >= 0.3 is 0 Å². The molecule has 3 aromatic carbocycles. The van der Waals surface area contributed by atoms with Gasteiger partial charge in [-0.1, -0.05) is 78.0 Å². The SMILES string of the molecule is Cc1cccc(C(=O)NCc2nnc(SCC(=O)N3N=C(c4cccs4)CC3c3ccc(F)cc3)n2Cc2ccccc2)c1. The molecule has 1 aliphatic heterocycles. The number of thioether (sulfide) groups is 1. The van der Waals surface area contributed by atoms with E-state index in [2.05, 4.69) is 15.5 Å². The number of nitrogens with one attached hydrogen (secondary N) is 1. The number of benzene rings is 3. The lowest BCUT2D eigenvalue weighted by Gasteiger charge is -2.22. The first kappa shape index (κ1) is 29.5. The number of rotatable bonds is 10. The molecule has 2 aromatic heterocycles. The van der Waals surface area contributed by atoms with Crippen LogP contribution in [0.5, 0.6) is 0 Å². The Kier molecular flexibility index (Phi) is 8.94. The molecule has 2 amide bonds. The number of aromatic nitrogens is 3. The highest BCUT2D eigenvalue weighted by Gasteiger charge is 2.33. The van der Waals surface area contributed by atoms with Crippen molar-refractivity contribution in [2.24, 2.45) is 5.10 Å². The van der Waals surface area contributed by atoms with Gasteiger partial charge in [0.2, 0.25) is 0 Å². The number of halogens is 1. The van der Waals surface area contributed by atoms with E-state index in [4.69, 9.17) is 5.10 Å². The molecule has 0 bridgehead atoms. The summed E-state index contributed by atoms with van der Waals surface area (Å²) in [5.41, 5.74) is 4.25. The minimum absolute atomic E-state index is 0.0709. The van der Waals surface area contributed by atoms with E-state index in [-0.39, 0.29) is 36.0 Å². The molecule has 1 N–H and O–H groups in total. The monoisotopic (exact) mass is 624 g/mol. The summed E-state index contributed by atoms with van der Waals surface area (Å²) < 4.78 is 15.6. The maximum Gasteiger partial charge on any atom is 0.253 e. The van der Waals surface area contributed by atoms with Gasteiger partial charge in [0.15, 0.2) is 11.0 Å². The second-order valence-corrected chi connectivity index (χ2v) is 12.2. The van der Waals surface area contributed by atoms with E-state index in [9.17, 15) is 14.0 Å². The van der Waals surface area contributed by atoms with Crippen LogP contribution >= 0.6 is 23.1 Å². The normalized spacial score (nSPS) is 14.5. The van der Waals surface area contributed by atoms with Crippen molar-refractivity contribution in [1.29, 1.82) is 0 Å². The summed E-state index contributed by atoms with van der Waals surface area (Å²) in [4.78, 5) is 27.5. The molecule has 0 saturated carbocycles. The molecule has 222 valence electrons. The van der Waals surface area contributed by atoms with Crippen molar-refractivity contribution in [3.63, 3.8) is 0 Å². The van der Waals surface area contributed by atoms with Crippen LogP contribution in [-0.4, -0.2) is 43.1 Å². The lowest BCUT2D eigenvalue weighted by atomic mass is 10.0. The summed E-state index contributed by atoms with van der Waals surface area (Å²) in [5, 5.41) is 20.5. The zero-order valence-corrected chi connectivity index (χ0v) is 25.5. The predicted octanol–water partition coefficient (Wildman–Crippen LogP) is 6.24. The molecule has 1 unspecified atom stereocenters. The van der Waals surface area contributed by atoms with Crippen LogP contribution in [-0.2, 0) is 17.9 Å². The van der Waals surface area contributed by atoms with Crippen molar-refractivity contribution >= 4 is 40.6 Å². The fourth-order valence-corrected chi connectivity index (χ4v) is 6.53. The molecule has 0 saturated heterocycles. The average molecular weight is 625 g/mol. The van der Waals surface area contributed by atoms with Gasteiger partial charge in [0.25, 0.3) is 11.8 Å². The van der Waals surface area contributed by atoms with E-state index in [1.807, 2.05) is 77.5 Å². The minimum atomic E-state index is -0.338. The van der Waals surface area contributed by atoms with Crippen LogP contribution in [0.4, 0.5) is 4.39 Å². The highest BCUT2D eigenvalue weighted by atomic mass is 32.2. The van der Waals surface area contributed by atoms with Gasteiger partial charge in [-0.25, -0.2) is 9.40 Å². The van der Waals surface area contributed by atoms with Crippen molar-refractivity contribution in [1.82, 2.24) is 25.1 Å². The number of hydrogen-bond acceptors (Lipinski definition) is 7. The van der Waals surface area contributed by atoms with Crippen LogP contribution < -0.4 is 5.32 Å². The molecule has 5 aromatic rings. The maximum atomic E-state index is 13.7. The van der Waals surface area contributed by atoms with E-state index in [1.54, 1.807) is 29.5 Å². The van der Waals surface area contributed by atoms with Gasteiger partial charge in [0.05, 0.1) is 35.5 Å². The Hall–Kier alpha value is -4.61. The first-order chi connectivity index (χ1) is 21.4. The highest BCUT2D eigenvalue weighted by molar-refractivity contribution is 7.99. The molecule has 6 rings (SSSR count). The Bertz CT molecular complexity index is 1790. The predicted molar refractivity (Wildman–Crippen MR) is 170 cm³/mol. The number of hydrazone groups is 1. The van der Waals surface area contributed by atoms with Gasteiger partial charge in [0.1, 0.15) is 5.82 Å². The van der Waals surface area contributed by atoms with Crippen molar-refractivity contribution < 1.29 is 14.0 Å².